The van der Waals surface area contributed by atoms with E-state index in [0.717, 1.165) is 12.0 Å². The van der Waals surface area contributed by atoms with Gasteiger partial charge in [0.2, 0.25) is 0 Å². The lowest BCUT2D eigenvalue weighted by Crippen LogP contribution is -2.49. The maximum atomic E-state index is 12.4. The van der Waals surface area contributed by atoms with Gasteiger partial charge in [-0.05, 0) is 30.0 Å². The molecule has 0 saturated carbocycles. The number of rotatable bonds is 3. The summed E-state index contributed by atoms with van der Waals surface area (Å²) < 4.78 is 11.2. The predicted octanol–water partition coefficient (Wildman–Crippen LogP) is 2.75. The van der Waals surface area contributed by atoms with Crippen LogP contribution in [0.15, 0.2) is 12.1 Å². The Morgan fingerprint density at radius 3 is 2.85 bits per heavy atom. The molecule has 2 unspecified atom stereocenters. The van der Waals surface area contributed by atoms with Crippen LogP contribution in [0.25, 0.3) is 0 Å². The van der Waals surface area contributed by atoms with Crippen LogP contribution in [-0.2, 0) is 11.3 Å². The average molecular weight is 383 g/mol. The lowest BCUT2D eigenvalue weighted by atomic mass is 9.91. The minimum atomic E-state index is -0.857. The summed E-state index contributed by atoms with van der Waals surface area (Å²) in [5.41, 5.74) is 0.799. The topological polar surface area (TPSA) is 88.1 Å². The molecular weight excluding hydrogens is 360 g/mol. The second-order valence-electron chi connectivity index (χ2n) is 6.90. The molecule has 142 valence electrons. The van der Waals surface area contributed by atoms with Crippen LogP contribution in [0.4, 0.5) is 4.79 Å². The summed E-state index contributed by atoms with van der Waals surface area (Å²) in [6.07, 6.45) is 1.38. The number of benzene rings is 1. The zero-order chi connectivity index (χ0) is 18.7. The van der Waals surface area contributed by atoms with E-state index in [1.165, 1.54) is 0 Å². The minimum absolute atomic E-state index is 0.156. The Hall–Kier alpha value is -2.15. The van der Waals surface area contributed by atoms with Crippen LogP contribution < -0.4 is 14.8 Å². The van der Waals surface area contributed by atoms with Crippen molar-refractivity contribution in [3.8, 4) is 11.5 Å². The van der Waals surface area contributed by atoms with Crippen LogP contribution in [0.5, 0.6) is 11.5 Å². The third-order valence-corrected chi connectivity index (χ3v) is 4.88. The van der Waals surface area contributed by atoms with Crippen LogP contribution in [0, 0.1) is 11.8 Å². The van der Waals surface area contributed by atoms with Gasteiger partial charge in [-0.3, -0.25) is 4.79 Å². The van der Waals surface area contributed by atoms with Crippen molar-refractivity contribution in [1.29, 1.82) is 0 Å². The summed E-state index contributed by atoms with van der Waals surface area (Å²) in [7, 11) is 0. The third kappa shape index (κ3) is 4.33. The molecule has 1 aromatic carbocycles. The smallest absolute Gasteiger partial charge is 0.317 e. The van der Waals surface area contributed by atoms with Crippen molar-refractivity contribution < 1.29 is 24.2 Å². The van der Waals surface area contributed by atoms with E-state index in [1.54, 1.807) is 11.0 Å². The summed E-state index contributed by atoms with van der Waals surface area (Å²) in [5.74, 6) is -0.103. The van der Waals surface area contributed by atoms with Gasteiger partial charge in [-0.25, -0.2) is 4.79 Å². The monoisotopic (exact) mass is 382 g/mol. The molecule has 2 aliphatic rings. The van der Waals surface area contributed by atoms with E-state index in [2.05, 4.69) is 5.32 Å². The fraction of sp³-hybridized carbons (Fsp3) is 0.556. The van der Waals surface area contributed by atoms with Crippen molar-refractivity contribution in [3.63, 3.8) is 0 Å². The molecular formula is C18H23ClN2O5. The number of nitrogens with zero attached hydrogens (tertiary/aromatic N) is 1. The largest absolute Gasteiger partial charge is 0.489 e. The molecule has 3 rings (SSSR count). The lowest BCUT2D eigenvalue weighted by Gasteiger charge is -2.34. The van der Waals surface area contributed by atoms with E-state index in [0.29, 0.717) is 42.7 Å². The van der Waals surface area contributed by atoms with Crippen molar-refractivity contribution in [1.82, 2.24) is 10.2 Å². The number of amides is 2. The molecule has 2 aliphatic heterocycles. The number of carbonyl (C=O) groups excluding carboxylic acids is 1. The fourth-order valence-corrected chi connectivity index (χ4v) is 3.66. The summed E-state index contributed by atoms with van der Waals surface area (Å²) in [4.78, 5) is 25.3. The third-order valence-electron chi connectivity index (χ3n) is 4.60. The summed E-state index contributed by atoms with van der Waals surface area (Å²) in [5, 5.41) is 12.5. The van der Waals surface area contributed by atoms with Gasteiger partial charge in [0.05, 0.1) is 24.2 Å². The van der Waals surface area contributed by atoms with Crippen LogP contribution in [0.1, 0.15) is 25.3 Å². The number of halogens is 1. The van der Waals surface area contributed by atoms with E-state index in [-0.39, 0.29) is 25.0 Å². The van der Waals surface area contributed by atoms with Gasteiger partial charge in [-0.15, -0.1) is 0 Å². The first-order chi connectivity index (χ1) is 12.4. The molecule has 0 aromatic heterocycles. The highest BCUT2D eigenvalue weighted by molar-refractivity contribution is 6.32. The van der Waals surface area contributed by atoms with Crippen molar-refractivity contribution in [3.05, 3.63) is 22.7 Å². The quantitative estimate of drug-likeness (QED) is 0.839. The highest BCUT2D eigenvalue weighted by Crippen LogP contribution is 2.38. The van der Waals surface area contributed by atoms with Gasteiger partial charge in [-0.2, -0.15) is 0 Å². The molecule has 0 radical (unpaired) electrons. The van der Waals surface area contributed by atoms with E-state index in [4.69, 9.17) is 21.1 Å². The number of urea groups is 1. The highest BCUT2D eigenvalue weighted by Gasteiger charge is 2.31. The van der Waals surface area contributed by atoms with E-state index >= 15 is 0 Å². The van der Waals surface area contributed by atoms with Gasteiger partial charge in [0.1, 0.15) is 0 Å². The number of carboxylic acids is 1. The highest BCUT2D eigenvalue weighted by atomic mass is 35.5. The van der Waals surface area contributed by atoms with Crippen LogP contribution >= 0.6 is 11.6 Å². The van der Waals surface area contributed by atoms with Crippen LogP contribution in [0.3, 0.4) is 0 Å². The number of likely N-dealkylation sites (tertiary alicyclic amines) is 1. The normalized spacial score (nSPS) is 22.5. The average Bonchev–Trinajstić information content (AvgIpc) is 2.85. The fourth-order valence-electron chi connectivity index (χ4n) is 3.37. The summed E-state index contributed by atoms with van der Waals surface area (Å²) in [6.45, 7) is 4.13. The maximum Gasteiger partial charge on any atom is 0.317 e. The molecule has 1 fully saturated rings. The molecule has 1 saturated heterocycles. The molecule has 7 nitrogen and oxygen atoms in total. The Balaban J connectivity index is 1.63. The van der Waals surface area contributed by atoms with Crippen molar-refractivity contribution in [2.45, 2.75) is 26.3 Å². The molecule has 0 bridgehead atoms. The van der Waals surface area contributed by atoms with Crippen molar-refractivity contribution >= 4 is 23.6 Å². The molecule has 0 spiro atoms. The first-order valence-corrected chi connectivity index (χ1v) is 9.15. The molecule has 26 heavy (non-hydrogen) atoms. The van der Waals surface area contributed by atoms with E-state index < -0.39 is 11.9 Å². The molecule has 8 heteroatoms. The zero-order valence-electron chi connectivity index (χ0n) is 14.7. The lowest BCUT2D eigenvalue weighted by molar-refractivity contribution is -0.143. The van der Waals surface area contributed by atoms with Crippen molar-refractivity contribution in [2.24, 2.45) is 11.8 Å². The maximum absolute atomic E-state index is 12.4. The number of fused-ring (bicyclic) bond motifs is 1. The number of ether oxygens (including phenoxy) is 2. The zero-order valence-corrected chi connectivity index (χ0v) is 15.4. The number of hydrogen-bond acceptors (Lipinski definition) is 4. The molecule has 0 aliphatic carbocycles. The van der Waals surface area contributed by atoms with Crippen LogP contribution in [-0.4, -0.2) is 48.3 Å². The minimum Gasteiger partial charge on any atom is -0.489 e. The number of carboxylic acid groups (broad SMARTS) is 1. The Kier molecular flexibility index (Phi) is 5.76. The molecule has 2 N–H and O–H groups in total. The van der Waals surface area contributed by atoms with Gasteiger partial charge < -0.3 is 24.8 Å². The SMILES string of the molecule is CC1CC(C(=O)O)CN(C(=O)NCc2cc(Cl)c3c(c2)OCCCO3)C1. The van der Waals surface area contributed by atoms with Gasteiger partial charge in [0.15, 0.2) is 11.5 Å². The number of nitrogens with one attached hydrogen (secondary N) is 1. The molecule has 2 amide bonds. The molecule has 2 atom stereocenters. The van der Waals surface area contributed by atoms with Gasteiger partial charge >= 0.3 is 12.0 Å². The van der Waals surface area contributed by atoms with Crippen molar-refractivity contribution in [2.75, 3.05) is 26.3 Å². The van der Waals surface area contributed by atoms with E-state index in [9.17, 15) is 14.7 Å². The Morgan fingerprint density at radius 1 is 1.31 bits per heavy atom. The Morgan fingerprint density at radius 2 is 2.08 bits per heavy atom. The Labute approximate surface area is 157 Å². The summed E-state index contributed by atoms with van der Waals surface area (Å²) >= 11 is 6.26. The van der Waals surface area contributed by atoms with Gasteiger partial charge in [-0.1, -0.05) is 18.5 Å². The predicted molar refractivity (Wildman–Crippen MR) is 95.8 cm³/mol. The summed E-state index contributed by atoms with van der Waals surface area (Å²) in [6, 6.07) is 3.28. The second-order valence-corrected chi connectivity index (χ2v) is 7.30. The Bertz CT molecular complexity index is 696. The second kappa shape index (κ2) is 8.03. The molecule has 2 heterocycles. The first kappa shape index (κ1) is 18.6. The molecule has 1 aromatic rings. The number of carbonyl (C=O) groups is 2. The number of piperidine rings is 1. The van der Waals surface area contributed by atoms with Crippen LogP contribution in [0.2, 0.25) is 5.02 Å². The first-order valence-electron chi connectivity index (χ1n) is 8.77. The number of aliphatic carboxylic acids is 1. The van der Waals surface area contributed by atoms with Gasteiger partial charge in [0.25, 0.3) is 0 Å². The van der Waals surface area contributed by atoms with E-state index in [1.807, 2.05) is 13.0 Å². The van der Waals surface area contributed by atoms with Gasteiger partial charge in [0, 0.05) is 26.1 Å². The standard InChI is InChI=1S/C18H23ClN2O5/c1-11-5-13(17(22)23)10-21(9-11)18(24)20-8-12-6-14(19)16-15(7-12)25-3-2-4-26-16/h6-7,11,13H,2-5,8-10H2,1H3,(H,20,24)(H,22,23). The number of hydrogen-bond donors (Lipinski definition) is 2.